The molecule has 0 amide bonds. The molecule has 0 aromatic carbocycles. The van der Waals surface area contributed by atoms with Crippen molar-refractivity contribution in [3.63, 3.8) is 0 Å². The van der Waals surface area contributed by atoms with Crippen molar-refractivity contribution in [3.05, 3.63) is 29.3 Å². The highest BCUT2D eigenvalue weighted by Crippen LogP contribution is 2.30. The zero-order valence-electron chi connectivity index (χ0n) is 13.5. The van der Waals surface area contributed by atoms with Crippen molar-refractivity contribution in [2.75, 3.05) is 18.0 Å². The molecule has 1 aliphatic heterocycles. The maximum absolute atomic E-state index is 5.14. The molecule has 8 heteroatoms. The van der Waals surface area contributed by atoms with Gasteiger partial charge in [0.15, 0.2) is 5.82 Å². The van der Waals surface area contributed by atoms with Crippen LogP contribution in [0.2, 0.25) is 0 Å². The number of aryl methyl sites for hydroxylation is 2. The van der Waals surface area contributed by atoms with Gasteiger partial charge in [-0.3, -0.25) is 0 Å². The summed E-state index contributed by atoms with van der Waals surface area (Å²) in [6.07, 6.45) is 3.70. The van der Waals surface area contributed by atoms with Crippen LogP contribution in [0, 0.1) is 20.8 Å². The topological polar surface area (TPSA) is 85.2 Å². The van der Waals surface area contributed by atoms with Crippen LogP contribution in [0.25, 0.3) is 5.78 Å². The number of fused-ring (bicyclic) bond motifs is 1. The molecule has 120 valence electrons. The van der Waals surface area contributed by atoms with Crippen LogP contribution in [0.1, 0.15) is 41.7 Å². The normalized spacial score (nSPS) is 18.7. The van der Waals surface area contributed by atoms with Crippen molar-refractivity contribution in [2.24, 2.45) is 0 Å². The van der Waals surface area contributed by atoms with E-state index in [0.29, 0.717) is 11.7 Å². The molecule has 0 saturated carbocycles. The Morgan fingerprint density at radius 3 is 2.87 bits per heavy atom. The fourth-order valence-electron chi connectivity index (χ4n) is 3.25. The summed E-state index contributed by atoms with van der Waals surface area (Å²) in [5.41, 5.74) is 2.12. The quantitative estimate of drug-likeness (QED) is 0.713. The first-order chi connectivity index (χ1) is 11.1. The molecule has 3 aromatic heterocycles. The lowest BCUT2D eigenvalue weighted by Gasteiger charge is -2.34. The van der Waals surface area contributed by atoms with Crippen molar-refractivity contribution in [1.29, 1.82) is 0 Å². The molecule has 0 spiro atoms. The average Bonchev–Trinajstić information content (AvgIpc) is 3.17. The maximum Gasteiger partial charge on any atom is 0.254 e. The SMILES string of the molecule is Cc1nc(C2CCCN(c3c(C)c(C)nc4ncnn34)C2)no1. The lowest BCUT2D eigenvalue weighted by atomic mass is 9.97. The molecule has 4 rings (SSSR count). The molecule has 1 fully saturated rings. The molecular weight excluding hydrogens is 294 g/mol. The van der Waals surface area contributed by atoms with Crippen molar-refractivity contribution in [3.8, 4) is 0 Å². The van der Waals surface area contributed by atoms with Gasteiger partial charge in [0.1, 0.15) is 12.1 Å². The predicted molar refractivity (Wildman–Crippen MR) is 83.5 cm³/mol. The van der Waals surface area contributed by atoms with Crippen LogP contribution in [-0.2, 0) is 0 Å². The van der Waals surface area contributed by atoms with Gasteiger partial charge in [0, 0.05) is 37.2 Å². The fourth-order valence-corrected chi connectivity index (χ4v) is 3.25. The summed E-state index contributed by atoms with van der Waals surface area (Å²) in [7, 11) is 0. The number of hydrogen-bond donors (Lipinski definition) is 0. The van der Waals surface area contributed by atoms with E-state index in [4.69, 9.17) is 4.52 Å². The van der Waals surface area contributed by atoms with Crippen LogP contribution in [-0.4, -0.2) is 42.8 Å². The maximum atomic E-state index is 5.14. The third kappa shape index (κ3) is 2.34. The number of hydrogen-bond acceptors (Lipinski definition) is 7. The lowest BCUT2D eigenvalue weighted by molar-refractivity contribution is 0.376. The summed E-state index contributed by atoms with van der Waals surface area (Å²) in [6.45, 7) is 7.75. The Kier molecular flexibility index (Phi) is 3.24. The van der Waals surface area contributed by atoms with Gasteiger partial charge in [-0.05, 0) is 26.7 Å². The van der Waals surface area contributed by atoms with Crippen LogP contribution in [0.4, 0.5) is 5.82 Å². The highest BCUT2D eigenvalue weighted by Gasteiger charge is 2.28. The minimum absolute atomic E-state index is 0.271. The van der Waals surface area contributed by atoms with Gasteiger partial charge in [-0.2, -0.15) is 19.6 Å². The monoisotopic (exact) mass is 313 g/mol. The van der Waals surface area contributed by atoms with E-state index >= 15 is 0 Å². The van der Waals surface area contributed by atoms with Crippen molar-refractivity contribution < 1.29 is 4.52 Å². The minimum Gasteiger partial charge on any atom is -0.355 e. The largest absolute Gasteiger partial charge is 0.355 e. The van der Waals surface area contributed by atoms with Crippen LogP contribution in [0.15, 0.2) is 10.9 Å². The second-order valence-electron chi connectivity index (χ2n) is 6.07. The molecule has 1 aliphatic rings. The van der Waals surface area contributed by atoms with E-state index < -0.39 is 0 Å². The third-order valence-electron chi connectivity index (χ3n) is 4.51. The van der Waals surface area contributed by atoms with Gasteiger partial charge < -0.3 is 9.42 Å². The fraction of sp³-hybridized carbons (Fsp3) is 0.533. The minimum atomic E-state index is 0.271. The van der Waals surface area contributed by atoms with Gasteiger partial charge in [0.05, 0.1) is 0 Å². The molecule has 0 N–H and O–H groups in total. The number of nitrogens with zero attached hydrogens (tertiary/aromatic N) is 7. The Bertz CT molecular complexity index is 853. The van der Waals surface area contributed by atoms with Crippen LogP contribution < -0.4 is 4.90 Å². The lowest BCUT2D eigenvalue weighted by Crippen LogP contribution is -2.36. The molecule has 23 heavy (non-hydrogen) atoms. The first-order valence-corrected chi connectivity index (χ1v) is 7.85. The summed E-state index contributed by atoms with van der Waals surface area (Å²) in [6, 6.07) is 0. The molecule has 0 aliphatic carbocycles. The van der Waals surface area contributed by atoms with E-state index in [2.05, 4.69) is 37.0 Å². The van der Waals surface area contributed by atoms with E-state index in [9.17, 15) is 0 Å². The number of rotatable bonds is 2. The van der Waals surface area contributed by atoms with Crippen molar-refractivity contribution in [1.82, 2.24) is 29.7 Å². The standard InChI is InChI=1S/C15H19N7O/c1-9-10(2)18-15-16-8-17-22(15)14(9)21-6-4-5-12(7-21)13-19-11(3)23-20-13/h8,12H,4-7H2,1-3H3. The Morgan fingerprint density at radius 1 is 1.22 bits per heavy atom. The van der Waals surface area contributed by atoms with Crippen LogP contribution >= 0.6 is 0 Å². The Morgan fingerprint density at radius 2 is 2.09 bits per heavy atom. The smallest absolute Gasteiger partial charge is 0.254 e. The van der Waals surface area contributed by atoms with Crippen molar-refractivity contribution in [2.45, 2.75) is 39.5 Å². The van der Waals surface area contributed by atoms with E-state index in [-0.39, 0.29) is 5.92 Å². The Balaban J connectivity index is 1.73. The number of aromatic nitrogens is 6. The number of piperidine rings is 1. The third-order valence-corrected chi connectivity index (χ3v) is 4.51. The van der Waals surface area contributed by atoms with Gasteiger partial charge in [-0.1, -0.05) is 5.16 Å². The first kappa shape index (κ1) is 14.1. The molecule has 0 radical (unpaired) electrons. The molecule has 3 aromatic rings. The van der Waals surface area contributed by atoms with Gasteiger partial charge in [0.2, 0.25) is 5.89 Å². The average molecular weight is 313 g/mol. The van der Waals surface area contributed by atoms with E-state index in [0.717, 1.165) is 48.8 Å². The van der Waals surface area contributed by atoms with Gasteiger partial charge >= 0.3 is 0 Å². The summed E-state index contributed by atoms with van der Waals surface area (Å²) >= 11 is 0. The molecule has 0 bridgehead atoms. The van der Waals surface area contributed by atoms with Crippen LogP contribution in [0.3, 0.4) is 0 Å². The Labute approximate surface area is 133 Å². The Hall–Kier alpha value is -2.51. The van der Waals surface area contributed by atoms with Crippen LogP contribution in [0.5, 0.6) is 0 Å². The first-order valence-electron chi connectivity index (χ1n) is 7.85. The summed E-state index contributed by atoms with van der Waals surface area (Å²) < 4.78 is 6.97. The summed E-state index contributed by atoms with van der Waals surface area (Å²) in [4.78, 5) is 15.5. The zero-order valence-corrected chi connectivity index (χ0v) is 13.5. The predicted octanol–water partition coefficient (Wildman–Crippen LogP) is 1.82. The molecule has 8 nitrogen and oxygen atoms in total. The highest BCUT2D eigenvalue weighted by molar-refractivity contribution is 5.54. The second kappa shape index (κ2) is 5.29. The summed E-state index contributed by atoms with van der Waals surface area (Å²) in [5.74, 6) is 3.39. The molecule has 1 unspecified atom stereocenters. The highest BCUT2D eigenvalue weighted by atomic mass is 16.5. The zero-order chi connectivity index (χ0) is 16.0. The van der Waals surface area contributed by atoms with E-state index in [1.807, 2.05) is 18.4 Å². The van der Waals surface area contributed by atoms with Gasteiger partial charge in [0.25, 0.3) is 5.78 Å². The summed E-state index contributed by atoms with van der Waals surface area (Å²) in [5, 5.41) is 8.45. The molecular formula is C15H19N7O. The van der Waals surface area contributed by atoms with E-state index in [1.54, 1.807) is 6.33 Å². The van der Waals surface area contributed by atoms with Crippen molar-refractivity contribution >= 4 is 11.6 Å². The molecule has 4 heterocycles. The number of anilines is 1. The second-order valence-corrected chi connectivity index (χ2v) is 6.07. The van der Waals surface area contributed by atoms with Gasteiger partial charge in [-0.15, -0.1) is 0 Å². The molecule has 1 saturated heterocycles. The van der Waals surface area contributed by atoms with Gasteiger partial charge in [-0.25, -0.2) is 4.98 Å². The van der Waals surface area contributed by atoms with E-state index in [1.165, 1.54) is 0 Å². The molecule has 1 atom stereocenters.